The summed E-state index contributed by atoms with van der Waals surface area (Å²) < 4.78 is 0. The van der Waals surface area contributed by atoms with Crippen LogP contribution in [0.1, 0.15) is 17.5 Å². The van der Waals surface area contributed by atoms with Crippen LogP contribution in [0, 0.1) is 0 Å². The highest BCUT2D eigenvalue weighted by Gasteiger charge is 2.31. The van der Waals surface area contributed by atoms with Gasteiger partial charge in [0.15, 0.2) is 0 Å². The molecule has 0 fully saturated rings. The average molecular weight is 194 g/mol. The van der Waals surface area contributed by atoms with Gasteiger partial charge in [-0.1, -0.05) is 6.07 Å². The van der Waals surface area contributed by atoms with Gasteiger partial charge in [-0.25, -0.2) is 0 Å². The number of phenolic OH excluding ortho intramolecular Hbond substituents is 1. The van der Waals surface area contributed by atoms with E-state index in [0.717, 1.165) is 11.1 Å². The summed E-state index contributed by atoms with van der Waals surface area (Å²) in [5.41, 5.74) is 1.12. The van der Waals surface area contributed by atoms with E-state index < -0.39 is 5.60 Å². The minimum Gasteiger partial charge on any atom is -0.508 e. The van der Waals surface area contributed by atoms with E-state index in [9.17, 15) is 10.2 Å². The molecule has 0 aromatic heterocycles. The Labute approximate surface area is 82.6 Å². The molecule has 1 atom stereocenters. The third-order valence-corrected chi connectivity index (χ3v) is 2.86. The zero-order valence-corrected chi connectivity index (χ0v) is 7.90. The van der Waals surface area contributed by atoms with Crippen LogP contribution >= 0.6 is 0 Å². The quantitative estimate of drug-likeness (QED) is 0.613. The molecule has 0 saturated carbocycles. The van der Waals surface area contributed by atoms with Gasteiger partial charge in [0.2, 0.25) is 0 Å². The monoisotopic (exact) mass is 194 g/mol. The number of aliphatic hydroxyl groups is 2. The fourth-order valence-corrected chi connectivity index (χ4v) is 1.96. The first-order chi connectivity index (χ1) is 6.63. The van der Waals surface area contributed by atoms with Crippen molar-refractivity contribution in [2.45, 2.75) is 24.9 Å². The summed E-state index contributed by atoms with van der Waals surface area (Å²) in [4.78, 5) is 0. The Kier molecular flexibility index (Phi) is 2.21. The molecule has 1 aliphatic rings. The second kappa shape index (κ2) is 3.26. The summed E-state index contributed by atoms with van der Waals surface area (Å²) >= 11 is 0. The number of aryl methyl sites for hydroxylation is 1. The highest BCUT2D eigenvalue weighted by molar-refractivity contribution is 5.37. The van der Waals surface area contributed by atoms with Crippen LogP contribution < -0.4 is 0 Å². The summed E-state index contributed by atoms with van der Waals surface area (Å²) in [5, 5.41) is 28.2. The summed E-state index contributed by atoms with van der Waals surface area (Å²) in [6, 6.07) is 5.15. The van der Waals surface area contributed by atoms with E-state index in [1.54, 1.807) is 12.1 Å². The van der Waals surface area contributed by atoms with Gasteiger partial charge in [0.1, 0.15) is 5.75 Å². The smallest absolute Gasteiger partial charge is 0.115 e. The van der Waals surface area contributed by atoms with Crippen molar-refractivity contribution < 1.29 is 15.3 Å². The first kappa shape index (κ1) is 9.49. The minimum absolute atomic E-state index is 0.201. The van der Waals surface area contributed by atoms with Crippen LogP contribution in [0.25, 0.3) is 0 Å². The molecule has 0 saturated heterocycles. The van der Waals surface area contributed by atoms with Crippen LogP contribution in [-0.2, 0) is 12.8 Å². The molecule has 0 amide bonds. The van der Waals surface area contributed by atoms with Crippen molar-refractivity contribution in [3.63, 3.8) is 0 Å². The number of hydrogen-bond donors (Lipinski definition) is 3. The molecule has 76 valence electrons. The second-order valence-electron chi connectivity index (χ2n) is 4.01. The van der Waals surface area contributed by atoms with Crippen molar-refractivity contribution in [1.82, 2.24) is 0 Å². The highest BCUT2D eigenvalue weighted by atomic mass is 16.3. The molecule has 0 aliphatic heterocycles. The number of aliphatic hydroxyl groups excluding tert-OH is 1. The van der Waals surface area contributed by atoms with E-state index in [0.29, 0.717) is 19.3 Å². The van der Waals surface area contributed by atoms with Crippen LogP contribution in [0.5, 0.6) is 5.75 Å². The van der Waals surface area contributed by atoms with Gasteiger partial charge in [0, 0.05) is 6.42 Å². The molecule has 0 unspecified atom stereocenters. The van der Waals surface area contributed by atoms with Crippen molar-refractivity contribution in [2.24, 2.45) is 0 Å². The highest BCUT2D eigenvalue weighted by Crippen LogP contribution is 2.30. The van der Waals surface area contributed by atoms with Gasteiger partial charge >= 0.3 is 0 Å². The summed E-state index contributed by atoms with van der Waals surface area (Å²) in [6.07, 6.45) is 1.74. The number of benzene rings is 1. The zero-order valence-electron chi connectivity index (χ0n) is 7.90. The molecule has 0 bridgehead atoms. The molecular weight excluding hydrogens is 180 g/mol. The predicted molar refractivity (Wildman–Crippen MR) is 52.2 cm³/mol. The summed E-state index contributed by atoms with van der Waals surface area (Å²) in [6.45, 7) is -0.201. The second-order valence-corrected chi connectivity index (χ2v) is 4.01. The molecule has 0 radical (unpaired) electrons. The molecule has 0 heterocycles. The van der Waals surface area contributed by atoms with Crippen LogP contribution in [-0.4, -0.2) is 27.5 Å². The van der Waals surface area contributed by atoms with Gasteiger partial charge in [0.05, 0.1) is 12.2 Å². The van der Waals surface area contributed by atoms with Crippen molar-refractivity contribution in [3.8, 4) is 5.75 Å². The van der Waals surface area contributed by atoms with E-state index in [1.165, 1.54) is 0 Å². The Morgan fingerprint density at radius 1 is 1.29 bits per heavy atom. The maximum Gasteiger partial charge on any atom is 0.115 e. The van der Waals surface area contributed by atoms with E-state index >= 15 is 0 Å². The SMILES string of the molecule is OC[C@@]1(O)CCc2cc(O)ccc2C1. The van der Waals surface area contributed by atoms with Gasteiger partial charge in [0.25, 0.3) is 0 Å². The van der Waals surface area contributed by atoms with Crippen molar-refractivity contribution in [2.75, 3.05) is 6.61 Å². The van der Waals surface area contributed by atoms with Crippen LogP contribution in [0.3, 0.4) is 0 Å². The molecule has 1 aliphatic carbocycles. The third-order valence-electron chi connectivity index (χ3n) is 2.86. The number of aromatic hydroxyl groups is 1. The summed E-state index contributed by atoms with van der Waals surface area (Å²) in [7, 11) is 0. The van der Waals surface area contributed by atoms with Crippen LogP contribution in [0.15, 0.2) is 18.2 Å². The Morgan fingerprint density at radius 2 is 2.07 bits per heavy atom. The first-order valence-electron chi connectivity index (χ1n) is 4.77. The van der Waals surface area contributed by atoms with Gasteiger partial charge in [-0.05, 0) is 36.1 Å². The fraction of sp³-hybridized carbons (Fsp3) is 0.455. The summed E-state index contributed by atoms with van der Waals surface area (Å²) in [5.74, 6) is 0.262. The Morgan fingerprint density at radius 3 is 2.79 bits per heavy atom. The zero-order chi connectivity index (χ0) is 10.2. The number of rotatable bonds is 1. The Hall–Kier alpha value is -1.06. The maximum absolute atomic E-state index is 9.88. The largest absolute Gasteiger partial charge is 0.508 e. The lowest BCUT2D eigenvalue weighted by molar-refractivity contribution is -0.0248. The number of hydrogen-bond acceptors (Lipinski definition) is 3. The van der Waals surface area contributed by atoms with Gasteiger partial charge < -0.3 is 15.3 Å². The van der Waals surface area contributed by atoms with Crippen molar-refractivity contribution in [3.05, 3.63) is 29.3 Å². The van der Waals surface area contributed by atoms with Gasteiger partial charge in [-0.2, -0.15) is 0 Å². The molecule has 14 heavy (non-hydrogen) atoms. The van der Waals surface area contributed by atoms with Crippen molar-refractivity contribution in [1.29, 1.82) is 0 Å². The van der Waals surface area contributed by atoms with Crippen molar-refractivity contribution >= 4 is 0 Å². The van der Waals surface area contributed by atoms with Crippen LogP contribution in [0.4, 0.5) is 0 Å². The molecular formula is C11H14O3. The maximum atomic E-state index is 9.88. The van der Waals surface area contributed by atoms with Gasteiger partial charge in [-0.15, -0.1) is 0 Å². The molecule has 3 N–H and O–H groups in total. The Bertz CT molecular complexity index is 348. The van der Waals surface area contributed by atoms with E-state index in [2.05, 4.69) is 0 Å². The standard InChI is InChI=1S/C11H14O3/c12-7-11(14)4-3-8-5-10(13)2-1-9(8)6-11/h1-2,5,12-14H,3-4,6-7H2/t11-/m1/s1. The lowest BCUT2D eigenvalue weighted by Crippen LogP contribution is -2.39. The number of fused-ring (bicyclic) bond motifs is 1. The van der Waals surface area contributed by atoms with Gasteiger partial charge in [-0.3, -0.25) is 0 Å². The molecule has 1 aromatic rings. The third kappa shape index (κ3) is 1.61. The number of phenols is 1. The van der Waals surface area contributed by atoms with Crippen LogP contribution in [0.2, 0.25) is 0 Å². The molecule has 3 heteroatoms. The minimum atomic E-state index is -0.968. The first-order valence-corrected chi connectivity index (χ1v) is 4.77. The lowest BCUT2D eigenvalue weighted by atomic mass is 9.81. The normalized spacial score (nSPS) is 25.9. The molecule has 2 rings (SSSR count). The topological polar surface area (TPSA) is 60.7 Å². The fourth-order valence-electron chi connectivity index (χ4n) is 1.96. The van der Waals surface area contributed by atoms with E-state index in [1.807, 2.05) is 6.07 Å². The lowest BCUT2D eigenvalue weighted by Gasteiger charge is -2.31. The predicted octanol–water partition coefficient (Wildman–Crippen LogP) is 0.604. The van der Waals surface area contributed by atoms with E-state index in [-0.39, 0.29) is 12.4 Å². The molecule has 1 aromatic carbocycles. The average Bonchev–Trinajstić information content (AvgIpc) is 2.19. The molecule has 0 spiro atoms. The molecule has 3 nitrogen and oxygen atoms in total. The Balaban J connectivity index is 2.31. The van der Waals surface area contributed by atoms with E-state index in [4.69, 9.17) is 5.11 Å².